The summed E-state index contributed by atoms with van der Waals surface area (Å²) in [4.78, 5) is 12.0. The number of thioether (sulfide) groups is 1. The number of fused-ring (bicyclic) bond motifs is 1. The second-order valence-electron chi connectivity index (χ2n) is 5.52. The number of hydrogen-bond donors (Lipinski definition) is 1. The molecule has 0 spiro atoms. The molecule has 0 aromatic heterocycles. The minimum atomic E-state index is -0.693. The highest BCUT2D eigenvalue weighted by atomic mass is 32.2. The van der Waals surface area contributed by atoms with Crippen LogP contribution in [0.4, 0.5) is 0 Å². The van der Waals surface area contributed by atoms with E-state index >= 15 is 0 Å². The fourth-order valence-corrected chi connectivity index (χ4v) is 3.56. The second-order valence-corrected chi connectivity index (χ2v) is 6.57. The van der Waals surface area contributed by atoms with Crippen molar-refractivity contribution >= 4 is 17.7 Å². The van der Waals surface area contributed by atoms with Gasteiger partial charge in [0.2, 0.25) is 0 Å². The molecule has 0 saturated heterocycles. The fraction of sp³-hybridized carbons (Fsp3) is 0.533. The summed E-state index contributed by atoms with van der Waals surface area (Å²) >= 11 is 1.71. The maximum atomic E-state index is 10.9. The predicted octanol–water partition coefficient (Wildman–Crippen LogP) is 3.19. The van der Waals surface area contributed by atoms with Crippen molar-refractivity contribution in [3.8, 4) is 11.5 Å². The Hall–Kier alpha value is -1.36. The Kier molecular flexibility index (Phi) is 3.78. The minimum absolute atomic E-state index is 0.0145. The third-order valence-corrected chi connectivity index (χ3v) is 5.09. The van der Waals surface area contributed by atoms with Gasteiger partial charge in [-0.05, 0) is 36.5 Å². The molecule has 108 valence electrons. The van der Waals surface area contributed by atoms with Crippen LogP contribution in [0, 0.1) is 5.41 Å². The van der Waals surface area contributed by atoms with Gasteiger partial charge in [-0.15, -0.1) is 11.8 Å². The van der Waals surface area contributed by atoms with Gasteiger partial charge in [0.25, 0.3) is 0 Å². The second kappa shape index (κ2) is 5.56. The zero-order valence-corrected chi connectivity index (χ0v) is 12.1. The molecule has 1 aliphatic heterocycles. The van der Waals surface area contributed by atoms with E-state index < -0.39 is 5.97 Å². The van der Waals surface area contributed by atoms with Crippen molar-refractivity contribution in [1.82, 2.24) is 0 Å². The third-order valence-electron chi connectivity index (χ3n) is 3.75. The van der Waals surface area contributed by atoms with Crippen molar-refractivity contribution in [2.45, 2.75) is 30.6 Å². The van der Waals surface area contributed by atoms with Crippen LogP contribution in [0.3, 0.4) is 0 Å². The van der Waals surface area contributed by atoms with Crippen molar-refractivity contribution in [2.24, 2.45) is 5.41 Å². The molecule has 0 unspecified atom stereocenters. The van der Waals surface area contributed by atoms with Crippen LogP contribution in [0.5, 0.6) is 11.5 Å². The Morgan fingerprint density at radius 1 is 1.25 bits per heavy atom. The van der Waals surface area contributed by atoms with Crippen molar-refractivity contribution in [1.29, 1.82) is 0 Å². The van der Waals surface area contributed by atoms with E-state index in [2.05, 4.69) is 0 Å². The molecule has 0 amide bonds. The number of ether oxygens (including phenoxy) is 2. The summed E-state index contributed by atoms with van der Waals surface area (Å²) in [6, 6.07) is 5.97. The minimum Gasteiger partial charge on any atom is -0.490 e. The van der Waals surface area contributed by atoms with Crippen LogP contribution < -0.4 is 9.47 Å². The molecule has 3 rings (SSSR count). The van der Waals surface area contributed by atoms with Gasteiger partial charge in [-0.2, -0.15) is 0 Å². The first kappa shape index (κ1) is 13.6. The maximum Gasteiger partial charge on any atom is 0.303 e. The predicted molar refractivity (Wildman–Crippen MR) is 76.7 cm³/mol. The first-order valence-electron chi connectivity index (χ1n) is 6.91. The van der Waals surface area contributed by atoms with E-state index in [0.29, 0.717) is 13.2 Å². The molecule has 4 nitrogen and oxygen atoms in total. The van der Waals surface area contributed by atoms with Gasteiger partial charge in [0.1, 0.15) is 0 Å². The molecule has 1 aromatic carbocycles. The number of carboxylic acids is 1. The summed E-state index contributed by atoms with van der Waals surface area (Å²) in [5.74, 6) is 1.77. The van der Waals surface area contributed by atoms with Crippen LogP contribution in [-0.2, 0) is 4.79 Å². The molecule has 1 heterocycles. The standard InChI is InChI=1S/C15H18O4S/c16-14(17)9-15(4-5-15)10-20-11-2-3-12-13(8-11)19-7-1-6-18-12/h2-3,8H,1,4-7,9-10H2,(H,16,17). The molecule has 1 aromatic rings. The lowest BCUT2D eigenvalue weighted by atomic mass is 10.1. The summed E-state index contributed by atoms with van der Waals surface area (Å²) < 4.78 is 11.3. The number of hydrogen-bond acceptors (Lipinski definition) is 4. The van der Waals surface area contributed by atoms with E-state index in [4.69, 9.17) is 14.6 Å². The molecule has 5 heteroatoms. The summed E-state index contributed by atoms with van der Waals surface area (Å²) in [5.41, 5.74) is 0.0145. The normalized spacial score (nSPS) is 19.2. The van der Waals surface area contributed by atoms with E-state index in [-0.39, 0.29) is 11.8 Å². The van der Waals surface area contributed by atoms with Crippen LogP contribution in [0.15, 0.2) is 23.1 Å². The van der Waals surface area contributed by atoms with Crippen molar-refractivity contribution in [3.05, 3.63) is 18.2 Å². The average molecular weight is 294 g/mol. The SMILES string of the molecule is O=C(O)CC1(CSc2ccc3c(c2)OCCCO3)CC1. The van der Waals surface area contributed by atoms with Gasteiger partial charge in [-0.3, -0.25) is 4.79 Å². The number of benzene rings is 1. The zero-order chi connectivity index (χ0) is 14.0. The molecule has 1 fully saturated rings. The van der Waals surface area contributed by atoms with Crippen molar-refractivity contribution in [2.75, 3.05) is 19.0 Å². The van der Waals surface area contributed by atoms with Crippen molar-refractivity contribution < 1.29 is 19.4 Å². The van der Waals surface area contributed by atoms with Gasteiger partial charge in [0.05, 0.1) is 19.6 Å². The highest BCUT2D eigenvalue weighted by molar-refractivity contribution is 7.99. The van der Waals surface area contributed by atoms with Crippen molar-refractivity contribution in [3.63, 3.8) is 0 Å². The third kappa shape index (κ3) is 3.20. The van der Waals surface area contributed by atoms with Gasteiger partial charge in [-0.25, -0.2) is 0 Å². The molecule has 1 aliphatic carbocycles. The van der Waals surface area contributed by atoms with Crippen LogP contribution in [0.1, 0.15) is 25.7 Å². The molecule has 20 heavy (non-hydrogen) atoms. The van der Waals surface area contributed by atoms with Crippen LogP contribution in [-0.4, -0.2) is 30.0 Å². The number of carbonyl (C=O) groups is 1. The van der Waals surface area contributed by atoms with E-state index in [1.165, 1.54) is 0 Å². The summed E-state index contributed by atoms with van der Waals surface area (Å²) in [7, 11) is 0. The topological polar surface area (TPSA) is 55.8 Å². The molecule has 1 N–H and O–H groups in total. The van der Waals surface area contributed by atoms with E-state index in [1.54, 1.807) is 11.8 Å². The Morgan fingerprint density at radius 2 is 2.00 bits per heavy atom. The van der Waals surface area contributed by atoms with Crippen LogP contribution >= 0.6 is 11.8 Å². The van der Waals surface area contributed by atoms with Gasteiger partial charge < -0.3 is 14.6 Å². The number of aliphatic carboxylic acids is 1. The lowest BCUT2D eigenvalue weighted by Gasteiger charge is -2.13. The number of rotatable bonds is 5. The molecular weight excluding hydrogens is 276 g/mol. The molecule has 1 saturated carbocycles. The van der Waals surface area contributed by atoms with Gasteiger partial charge in [0.15, 0.2) is 11.5 Å². The first-order valence-corrected chi connectivity index (χ1v) is 7.90. The number of carboxylic acid groups (broad SMARTS) is 1. The molecule has 0 bridgehead atoms. The summed E-state index contributed by atoms with van der Waals surface area (Å²) in [6.07, 6.45) is 3.23. The molecule has 2 aliphatic rings. The zero-order valence-electron chi connectivity index (χ0n) is 11.3. The lowest BCUT2D eigenvalue weighted by Crippen LogP contribution is -2.10. The Morgan fingerprint density at radius 3 is 2.70 bits per heavy atom. The maximum absolute atomic E-state index is 10.9. The molecule has 0 atom stereocenters. The first-order chi connectivity index (χ1) is 9.67. The van der Waals surface area contributed by atoms with Gasteiger partial charge in [0, 0.05) is 17.1 Å². The van der Waals surface area contributed by atoms with E-state index in [0.717, 1.165) is 41.4 Å². The van der Waals surface area contributed by atoms with Crippen LogP contribution in [0.25, 0.3) is 0 Å². The smallest absolute Gasteiger partial charge is 0.303 e. The van der Waals surface area contributed by atoms with Crippen LogP contribution in [0.2, 0.25) is 0 Å². The van der Waals surface area contributed by atoms with Gasteiger partial charge >= 0.3 is 5.97 Å². The van der Waals surface area contributed by atoms with E-state index in [9.17, 15) is 4.79 Å². The fourth-order valence-electron chi connectivity index (χ4n) is 2.34. The highest BCUT2D eigenvalue weighted by Crippen LogP contribution is 2.52. The Labute approximate surface area is 122 Å². The Balaban J connectivity index is 1.63. The summed E-state index contributed by atoms with van der Waals surface area (Å²) in [5, 5.41) is 8.93. The van der Waals surface area contributed by atoms with E-state index in [1.807, 2.05) is 18.2 Å². The monoisotopic (exact) mass is 294 g/mol. The lowest BCUT2D eigenvalue weighted by molar-refractivity contribution is -0.138. The molecular formula is C15H18O4S. The highest BCUT2D eigenvalue weighted by Gasteiger charge is 2.44. The Bertz CT molecular complexity index is 511. The van der Waals surface area contributed by atoms with Gasteiger partial charge in [-0.1, -0.05) is 0 Å². The summed E-state index contributed by atoms with van der Waals surface area (Å²) in [6.45, 7) is 1.38. The largest absolute Gasteiger partial charge is 0.490 e. The quantitative estimate of drug-likeness (QED) is 0.845. The average Bonchev–Trinajstić information content (AvgIpc) is 3.19. The molecule has 0 radical (unpaired) electrons.